The van der Waals surface area contributed by atoms with Gasteiger partial charge in [-0.3, -0.25) is 0 Å². The minimum Gasteiger partial charge on any atom is -0.456 e. The van der Waals surface area contributed by atoms with Gasteiger partial charge in [-0.25, -0.2) is 4.79 Å². The fourth-order valence-electron chi connectivity index (χ4n) is 17.0. The molecule has 14 N–H and O–H groups in total. The quantitative estimate of drug-likeness (QED) is 0.0433. The number of aliphatic hydroxyl groups excluding tert-OH is 14. The highest BCUT2D eigenvalue weighted by Crippen LogP contribution is 2.76. The predicted molar refractivity (Wildman–Crippen MR) is 283 cm³/mol. The Bertz CT molecular complexity index is 2320. The number of aliphatic hydroxyl groups is 14. The maximum Gasteiger partial charge on any atom is 0.333 e. The van der Waals surface area contributed by atoms with E-state index >= 15 is 0 Å². The van der Waals surface area contributed by atoms with Gasteiger partial charge in [0.15, 0.2) is 25.2 Å². The lowest BCUT2D eigenvalue weighted by Crippen LogP contribution is -2.72. The zero-order valence-corrected chi connectivity index (χ0v) is 48.8. The molecule has 30 atom stereocenters. The molecular formula is C58H94O24. The topological polar surface area (TPSA) is 383 Å². The highest BCUT2D eigenvalue weighted by atomic mass is 16.8. The van der Waals surface area contributed by atoms with E-state index in [0.29, 0.717) is 31.3 Å². The van der Waals surface area contributed by atoms with Crippen molar-refractivity contribution in [3.05, 3.63) is 23.3 Å². The molecule has 0 spiro atoms. The van der Waals surface area contributed by atoms with Crippen LogP contribution in [0, 0.1) is 50.2 Å². The summed E-state index contributed by atoms with van der Waals surface area (Å²) in [4.78, 5) is 13.2. The molecular weight excluding hydrogens is 1080 g/mol. The third kappa shape index (κ3) is 10.3. The number of carbonyl (C=O) groups is 1. The van der Waals surface area contributed by atoms with Gasteiger partial charge in [-0.2, -0.15) is 0 Å². The van der Waals surface area contributed by atoms with Gasteiger partial charge in [-0.15, -0.1) is 0 Å². The molecule has 24 nitrogen and oxygen atoms in total. The minimum absolute atomic E-state index is 0.0296. The van der Waals surface area contributed by atoms with E-state index in [0.717, 1.165) is 18.4 Å². The van der Waals surface area contributed by atoms with Crippen molar-refractivity contribution in [3.8, 4) is 0 Å². The molecule has 9 rings (SSSR count). The second kappa shape index (κ2) is 23.5. The maximum absolute atomic E-state index is 13.2. The first-order valence-electron chi connectivity index (χ1n) is 29.4. The monoisotopic (exact) mass is 1170 g/mol. The molecule has 24 heteroatoms. The molecule has 4 heterocycles. The smallest absolute Gasteiger partial charge is 0.333 e. The molecule has 0 unspecified atom stereocenters. The first kappa shape index (κ1) is 64.5. The molecule has 0 radical (unpaired) electrons. The average Bonchev–Trinajstić information content (AvgIpc) is 0.828. The largest absolute Gasteiger partial charge is 0.456 e. The summed E-state index contributed by atoms with van der Waals surface area (Å²) < 4.78 is 55.1. The van der Waals surface area contributed by atoms with Gasteiger partial charge < -0.3 is 114 Å². The van der Waals surface area contributed by atoms with Crippen molar-refractivity contribution in [2.24, 2.45) is 50.2 Å². The van der Waals surface area contributed by atoms with E-state index in [-0.39, 0.29) is 29.1 Å². The highest BCUT2D eigenvalue weighted by molar-refractivity contribution is 5.87. The summed E-state index contributed by atoms with van der Waals surface area (Å²) in [5, 5.41) is 156. The van der Waals surface area contributed by atoms with Crippen LogP contribution in [0.4, 0.5) is 0 Å². The van der Waals surface area contributed by atoms with E-state index in [2.05, 4.69) is 40.7 Å². The lowest BCUT2D eigenvalue weighted by Gasteiger charge is -2.72. The van der Waals surface area contributed by atoms with Crippen LogP contribution >= 0.6 is 0 Å². The number of fused-ring (bicyclic) bond motifs is 7. The number of hydrogen-bond donors (Lipinski definition) is 14. The molecule has 9 aliphatic rings. The normalized spacial score (nSPS) is 53.0. The van der Waals surface area contributed by atoms with Crippen molar-refractivity contribution in [2.75, 3.05) is 26.4 Å². The molecule has 470 valence electrons. The van der Waals surface area contributed by atoms with Gasteiger partial charge in [0.1, 0.15) is 97.7 Å². The summed E-state index contributed by atoms with van der Waals surface area (Å²) in [6.45, 7) is 17.3. The number of rotatable bonds is 13. The molecule has 4 saturated heterocycles. The zero-order valence-electron chi connectivity index (χ0n) is 48.8. The van der Waals surface area contributed by atoms with Crippen molar-refractivity contribution < 1.29 is 119 Å². The molecule has 5 aliphatic carbocycles. The number of esters is 1. The Balaban J connectivity index is 0.974. The summed E-state index contributed by atoms with van der Waals surface area (Å²) in [7, 11) is 0. The van der Waals surface area contributed by atoms with Crippen molar-refractivity contribution in [3.63, 3.8) is 0 Å². The third-order valence-corrected chi connectivity index (χ3v) is 22.4. The first-order chi connectivity index (χ1) is 38.3. The molecule has 4 aliphatic heterocycles. The Morgan fingerprint density at radius 2 is 1.24 bits per heavy atom. The Labute approximate surface area is 478 Å². The van der Waals surface area contributed by atoms with E-state index in [4.69, 9.17) is 42.6 Å². The summed E-state index contributed by atoms with van der Waals surface area (Å²) in [5.41, 5.74) is -2.45. The standard InChI is InChI=1S/C58H94O24/c1-11-24(2)48(73)82-47-46(72)58(23-61)27(18-53(47,4)5)26-12-13-32-55(8)16-15-34(54(6,7)31(55)14-17-56(32,9)57(26,10)19-33(58)62)79-51-44(80-50-43(71)40(68)36(64)28(20-59)76-50)38(66)30(22-74-51)78-52-45(41(69)37(65)29(21-60)77-52)81-49-42(70)39(67)35(63)25(3)75-49/h11-12,25,27-47,49-52,59-72H,13-23H2,1-10H3/t25-,27-,28+,29+,30+,31-,32+,33+,34-,35-,36+,37+,38+,39+,40-,41-,42+,43+,44-,45+,46-,47-,49-,50-,51-,52-,55-,56+,57+,58-/m0/s1. The Morgan fingerprint density at radius 3 is 1.85 bits per heavy atom. The van der Waals surface area contributed by atoms with Crippen molar-refractivity contribution >= 4 is 5.97 Å². The van der Waals surface area contributed by atoms with Crippen molar-refractivity contribution in [2.45, 2.75) is 255 Å². The van der Waals surface area contributed by atoms with Gasteiger partial charge in [0, 0.05) is 11.0 Å². The van der Waals surface area contributed by atoms with Gasteiger partial charge in [-0.1, -0.05) is 66.2 Å². The van der Waals surface area contributed by atoms with Crippen LogP contribution < -0.4 is 0 Å². The van der Waals surface area contributed by atoms with Crippen LogP contribution in [0.1, 0.15) is 114 Å². The van der Waals surface area contributed by atoms with Crippen LogP contribution in [0.3, 0.4) is 0 Å². The van der Waals surface area contributed by atoms with Crippen LogP contribution in [0.15, 0.2) is 23.3 Å². The number of hydrogen-bond acceptors (Lipinski definition) is 24. The molecule has 0 aromatic carbocycles. The van der Waals surface area contributed by atoms with Crippen LogP contribution in [0.5, 0.6) is 0 Å². The SMILES string of the molecule is CC=C(C)C(=O)O[C@H]1[C@H](O)[C@]2(CO)[C@H](O)C[C@]3(C)C(=CC[C@@H]4[C@@]5(C)CC[C@H](O[C@@H]6OC[C@@H](O[C@@H]7O[C@H](CO)[C@@H](O)[C@H](O)[C@H]7O[C@@H]7O[C@@H](C)[C@H](O)[C@@H](O)[C@H]7O)[C@@H](O)[C@@H]6O[C@@H]6O[C@H](CO)[C@@H](O)[C@H](O)[C@H]6O)C(C)(C)[C@@H]5CC[C@]43C)[C@@H]2CC1(C)C. The molecule has 0 aromatic rings. The molecule has 0 aromatic heterocycles. The summed E-state index contributed by atoms with van der Waals surface area (Å²) >= 11 is 0. The number of carbonyl (C=O) groups excluding carboxylic acids is 1. The Morgan fingerprint density at radius 1 is 0.659 bits per heavy atom. The fraction of sp³-hybridized carbons (Fsp3) is 0.914. The van der Waals surface area contributed by atoms with Gasteiger partial charge in [0.2, 0.25) is 0 Å². The third-order valence-electron chi connectivity index (χ3n) is 22.4. The van der Waals surface area contributed by atoms with Crippen molar-refractivity contribution in [1.29, 1.82) is 0 Å². The molecule has 0 bridgehead atoms. The second-order valence-corrected chi connectivity index (χ2v) is 27.4. The molecule has 8 fully saturated rings. The van der Waals surface area contributed by atoms with Crippen LogP contribution in [0.2, 0.25) is 0 Å². The lowest BCUT2D eigenvalue weighted by molar-refractivity contribution is -0.394. The summed E-state index contributed by atoms with van der Waals surface area (Å²) in [5.74, 6) is -0.855. The van der Waals surface area contributed by atoms with E-state index in [1.54, 1.807) is 19.9 Å². The van der Waals surface area contributed by atoms with Crippen LogP contribution in [-0.4, -0.2) is 245 Å². The van der Waals surface area contributed by atoms with E-state index in [1.165, 1.54) is 6.92 Å². The number of ether oxygens (including phenoxy) is 9. The highest BCUT2D eigenvalue weighted by Gasteiger charge is 2.73. The summed E-state index contributed by atoms with van der Waals surface area (Å²) in [6, 6.07) is 0. The average molecular weight is 1180 g/mol. The summed E-state index contributed by atoms with van der Waals surface area (Å²) in [6.07, 6.45) is -27.7. The van der Waals surface area contributed by atoms with Gasteiger partial charge >= 0.3 is 5.97 Å². The maximum atomic E-state index is 13.2. The van der Waals surface area contributed by atoms with Crippen molar-refractivity contribution in [1.82, 2.24) is 0 Å². The Hall–Kier alpha value is -1.93. The van der Waals surface area contributed by atoms with Gasteiger partial charge in [-0.05, 0) is 105 Å². The Kier molecular flexibility index (Phi) is 18.5. The first-order valence-corrected chi connectivity index (χ1v) is 29.4. The minimum atomic E-state index is -1.92. The van der Waals surface area contributed by atoms with E-state index < -0.39 is 201 Å². The fourth-order valence-corrected chi connectivity index (χ4v) is 17.0. The van der Waals surface area contributed by atoms with Crippen LogP contribution in [-0.2, 0) is 47.4 Å². The van der Waals surface area contributed by atoms with Gasteiger partial charge in [0.05, 0.1) is 50.2 Å². The molecule has 4 saturated carbocycles. The molecule has 82 heavy (non-hydrogen) atoms. The predicted octanol–water partition coefficient (Wildman–Crippen LogP) is -1.47. The zero-order chi connectivity index (χ0) is 60.3. The molecule has 0 amide bonds. The number of allylic oxidation sites excluding steroid dienone is 3. The van der Waals surface area contributed by atoms with E-state index in [1.807, 2.05) is 13.8 Å². The van der Waals surface area contributed by atoms with E-state index in [9.17, 15) is 76.3 Å². The van der Waals surface area contributed by atoms with Crippen LogP contribution in [0.25, 0.3) is 0 Å². The van der Waals surface area contributed by atoms with Gasteiger partial charge in [0.25, 0.3) is 0 Å². The second-order valence-electron chi connectivity index (χ2n) is 27.4. The lowest BCUT2D eigenvalue weighted by atomic mass is 9.33.